The first-order valence-corrected chi connectivity index (χ1v) is 11.2. The van der Waals surface area contributed by atoms with E-state index in [1.165, 1.54) is 11.3 Å². The lowest BCUT2D eigenvalue weighted by Gasteiger charge is -2.15. The molecule has 0 aliphatic carbocycles. The molecule has 4 rings (SSSR count). The Hall–Kier alpha value is -3.41. The molecule has 3 aromatic heterocycles. The van der Waals surface area contributed by atoms with Crippen molar-refractivity contribution in [3.8, 4) is 10.6 Å². The fraction of sp³-hybridized carbons (Fsp3) is 0.318. The van der Waals surface area contributed by atoms with Gasteiger partial charge in [-0.25, -0.2) is 15.0 Å². The van der Waals surface area contributed by atoms with Crippen LogP contribution in [0, 0.1) is 6.92 Å². The van der Waals surface area contributed by atoms with E-state index in [0.717, 1.165) is 28.2 Å². The van der Waals surface area contributed by atoms with Gasteiger partial charge in [-0.05, 0) is 32.4 Å². The van der Waals surface area contributed by atoms with Gasteiger partial charge in [0.25, 0.3) is 5.91 Å². The van der Waals surface area contributed by atoms with Gasteiger partial charge in [0.15, 0.2) is 0 Å². The van der Waals surface area contributed by atoms with Crippen LogP contribution in [0.5, 0.6) is 0 Å². The number of thiazole rings is 1. The number of carbonyl (C=O) groups is 1. The van der Waals surface area contributed by atoms with Crippen LogP contribution in [-0.4, -0.2) is 37.3 Å². The molecule has 0 saturated carbocycles. The molecule has 4 aromatic rings. The van der Waals surface area contributed by atoms with Crippen LogP contribution in [0.2, 0.25) is 0 Å². The summed E-state index contributed by atoms with van der Waals surface area (Å²) in [6.45, 7) is 3.40. The van der Waals surface area contributed by atoms with Gasteiger partial charge in [0.2, 0.25) is 5.82 Å². The zero-order chi connectivity index (χ0) is 24.5. The third-order valence-electron chi connectivity index (χ3n) is 5.15. The number of hydrogen-bond donors (Lipinski definition) is 1. The molecule has 0 spiro atoms. The molecular formula is C22H20F4N6OS. The van der Waals surface area contributed by atoms with E-state index in [1.807, 2.05) is 6.92 Å². The van der Waals surface area contributed by atoms with E-state index in [1.54, 1.807) is 36.1 Å². The summed E-state index contributed by atoms with van der Waals surface area (Å²) >= 11 is 1.47. The van der Waals surface area contributed by atoms with Crippen molar-refractivity contribution in [1.82, 2.24) is 30.0 Å². The molecule has 1 aromatic carbocycles. The summed E-state index contributed by atoms with van der Waals surface area (Å²) in [5.41, 5.74) is 2.02. The van der Waals surface area contributed by atoms with E-state index in [2.05, 4.69) is 25.4 Å². The van der Waals surface area contributed by atoms with Crippen LogP contribution in [0.3, 0.4) is 0 Å². The summed E-state index contributed by atoms with van der Waals surface area (Å²) in [5.74, 6) is -1.69. The summed E-state index contributed by atoms with van der Waals surface area (Å²) in [5, 5.41) is 8.62. The molecule has 0 bridgehead atoms. The molecule has 1 N–H and O–H groups in total. The Bertz CT molecular complexity index is 1320. The molecule has 178 valence electrons. The predicted molar refractivity (Wildman–Crippen MR) is 119 cm³/mol. The lowest BCUT2D eigenvalue weighted by molar-refractivity contribution is -0.145. The number of benzene rings is 1. The topological polar surface area (TPSA) is 85.6 Å². The monoisotopic (exact) mass is 492 g/mol. The van der Waals surface area contributed by atoms with E-state index >= 15 is 0 Å². The number of hydrogen-bond acceptors (Lipinski definition) is 6. The Balaban J connectivity index is 1.66. The number of rotatable bonds is 7. The number of nitrogens with zero attached hydrogens (tertiary/aromatic N) is 5. The first-order chi connectivity index (χ1) is 16.2. The zero-order valence-electron chi connectivity index (χ0n) is 18.2. The molecule has 0 unspecified atom stereocenters. The van der Waals surface area contributed by atoms with Crippen molar-refractivity contribution < 1.29 is 22.4 Å². The molecule has 0 radical (unpaired) electrons. The Kier molecular flexibility index (Phi) is 6.60. The van der Waals surface area contributed by atoms with Crippen molar-refractivity contribution in [1.29, 1.82) is 0 Å². The largest absolute Gasteiger partial charge is 0.451 e. The first kappa shape index (κ1) is 23.7. The van der Waals surface area contributed by atoms with Gasteiger partial charge in [-0.1, -0.05) is 0 Å². The van der Waals surface area contributed by atoms with E-state index in [-0.39, 0.29) is 6.42 Å². The highest BCUT2D eigenvalue weighted by atomic mass is 32.1. The molecule has 0 aliphatic heterocycles. The maximum atomic E-state index is 13.1. The van der Waals surface area contributed by atoms with Gasteiger partial charge >= 0.3 is 6.18 Å². The van der Waals surface area contributed by atoms with Crippen molar-refractivity contribution in [2.24, 2.45) is 0 Å². The second-order valence-electron chi connectivity index (χ2n) is 7.68. The molecule has 1 amide bonds. The van der Waals surface area contributed by atoms with Crippen molar-refractivity contribution in [2.75, 3.05) is 6.67 Å². The highest BCUT2D eigenvalue weighted by molar-refractivity contribution is 7.15. The number of halogens is 4. The van der Waals surface area contributed by atoms with Crippen LogP contribution in [0.4, 0.5) is 17.6 Å². The number of aromatic nitrogens is 5. The minimum Gasteiger partial charge on any atom is -0.345 e. The van der Waals surface area contributed by atoms with Gasteiger partial charge in [0.1, 0.15) is 5.01 Å². The SMILES string of the molecule is Cc1cnc(-c2cc(C(=O)N[C@H](C)c3cnc(C(F)(F)F)nc3)cc3c2cnn3CCCF)s1. The fourth-order valence-electron chi connectivity index (χ4n) is 3.42. The number of aryl methyl sites for hydroxylation is 2. The molecule has 3 heterocycles. The Labute approximate surface area is 195 Å². The predicted octanol–water partition coefficient (Wildman–Crippen LogP) is 5.13. The van der Waals surface area contributed by atoms with Crippen LogP contribution < -0.4 is 5.32 Å². The van der Waals surface area contributed by atoms with Crippen LogP contribution >= 0.6 is 11.3 Å². The van der Waals surface area contributed by atoms with Gasteiger partial charge in [0.05, 0.1) is 24.4 Å². The van der Waals surface area contributed by atoms with Crippen LogP contribution in [-0.2, 0) is 12.7 Å². The summed E-state index contributed by atoms with van der Waals surface area (Å²) in [4.78, 5) is 25.2. The van der Waals surface area contributed by atoms with Crippen molar-refractivity contribution in [2.45, 2.75) is 39.0 Å². The Morgan fingerprint density at radius 2 is 1.88 bits per heavy atom. The van der Waals surface area contributed by atoms with E-state index in [4.69, 9.17) is 0 Å². The molecule has 0 saturated heterocycles. The highest BCUT2D eigenvalue weighted by Gasteiger charge is 2.34. The summed E-state index contributed by atoms with van der Waals surface area (Å²) < 4.78 is 52.5. The number of carbonyl (C=O) groups excluding carboxylic acids is 1. The average Bonchev–Trinajstić information content (AvgIpc) is 3.42. The average molecular weight is 493 g/mol. The highest BCUT2D eigenvalue weighted by Crippen LogP contribution is 2.33. The number of amides is 1. The van der Waals surface area contributed by atoms with Gasteiger partial charge in [-0.15, -0.1) is 11.3 Å². The van der Waals surface area contributed by atoms with E-state index in [9.17, 15) is 22.4 Å². The summed E-state index contributed by atoms with van der Waals surface area (Å²) in [6.07, 6.45) is 1.13. The van der Waals surface area contributed by atoms with Crippen molar-refractivity contribution >= 4 is 28.1 Å². The van der Waals surface area contributed by atoms with Gasteiger partial charge in [-0.3, -0.25) is 13.9 Å². The molecule has 1 atom stereocenters. The van der Waals surface area contributed by atoms with E-state index < -0.39 is 30.6 Å². The van der Waals surface area contributed by atoms with Gasteiger partial charge in [-0.2, -0.15) is 18.3 Å². The standard InChI is InChI=1S/C22H20F4N6OS/c1-12-8-27-20(34-12)16-6-14(7-18-17(16)11-30-32(18)5-3-4-23)19(33)31-13(2)15-9-28-21(29-10-15)22(24,25)26/h6-11,13H,3-5H2,1-2H3,(H,31,33)/t13-/m1/s1. The third kappa shape index (κ3) is 4.91. The Morgan fingerprint density at radius 1 is 1.15 bits per heavy atom. The van der Waals surface area contributed by atoms with Crippen LogP contribution in [0.15, 0.2) is 36.9 Å². The molecule has 7 nitrogen and oxygen atoms in total. The first-order valence-electron chi connectivity index (χ1n) is 10.4. The molecule has 12 heteroatoms. The Morgan fingerprint density at radius 3 is 2.50 bits per heavy atom. The number of alkyl halides is 4. The maximum Gasteiger partial charge on any atom is 0.451 e. The minimum absolute atomic E-state index is 0.282. The van der Waals surface area contributed by atoms with Crippen LogP contribution in [0.25, 0.3) is 21.5 Å². The number of nitrogens with one attached hydrogen (secondary N) is 1. The van der Waals surface area contributed by atoms with E-state index in [0.29, 0.717) is 28.2 Å². The second-order valence-corrected chi connectivity index (χ2v) is 8.91. The lowest BCUT2D eigenvalue weighted by Crippen LogP contribution is -2.27. The van der Waals surface area contributed by atoms with Gasteiger partial charge < -0.3 is 5.32 Å². The van der Waals surface area contributed by atoms with Crippen molar-refractivity contribution in [3.63, 3.8) is 0 Å². The fourth-order valence-corrected chi connectivity index (χ4v) is 4.22. The number of fused-ring (bicyclic) bond motifs is 1. The third-order valence-corrected chi connectivity index (χ3v) is 6.10. The minimum atomic E-state index is -4.64. The normalized spacial score (nSPS) is 12.8. The lowest BCUT2D eigenvalue weighted by atomic mass is 10.0. The second kappa shape index (κ2) is 9.45. The zero-order valence-corrected chi connectivity index (χ0v) is 19.0. The summed E-state index contributed by atoms with van der Waals surface area (Å²) in [7, 11) is 0. The molecule has 0 aliphatic rings. The van der Waals surface area contributed by atoms with Crippen molar-refractivity contribution in [3.05, 3.63) is 58.7 Å². The smallest absolute Gasteiger partial charge is 0.345 e. The summed E-state index contributed by atoms with van der Waals surface area (Å²) in [6, 6.07) is 2.72. The van der Waals surface area contributed by atoms with Crippen LogP contribution in [0.1, 0.15) is 46.0 Å². The molecule has 0 fully saturated rings. The quantitative estimate of drug-likeness (QED) is 0.362. The molecule has 34 heavy (non-hydrogen) atoms. The van der Waals surface area contributed by atoms with Gasteiger partial charge in [0, 0.05) is 52.1 Å². The maximum absolute atomic E-state index is 13.1. The molecular weight excluding hydrogens is 472 g/mol.